The molecule has 7 heteroatoms. The summed E-state index contributed by atoms with van der Waals surface area (Å²) in [6.45, 7) is 4.33. The molecule has 0 aliphatic carbocycles. The lowest BCUT2D eigenvalue weighted by molar-refractivity contribution is -0.145. The Bertz CT molecular complexity index is 782. The van der Waals surface area contributed by atoms with Crippen molar-refractivity contribution >= 4 is 11.9 Å². The SMILES string of the molecule is CC[C@]1(CCN2CCCC2=O)[C@H](C(=O)O)[C@@H](c2ccc3c(c2)OCO3)CN1C. The van der Waals surface area contributed by atoms with Crippen molar-refractivity contribution < 1.29 is 24.2 Å². The van der Waals surface area contributed by atoms with Crippen LogP contribution in [0.4, 0.5) is 0 Å². The average Bonchev–Trinajstić information content (AvgIpc) is 3.37. The van der Waals surface area contributed by atoms with Crippen molar-refractivity contribution in [1.29, 1.82) is 0 Å². The first-order valence-corrected chi connectivity index (χ1v) is 10.1. The van der Waals surface area contributed by atoms with E-state index in [0.717, 1.165) is 24.9 Å². The molecular formula is C21H28N2O5. The first-order chi connectivity index (χ1) is 13.5. The van der Waals surface area contributed by atoms with E-state index < -0.39 is 17.4 Å². The molecule has 0 saturated carbocycles. The third kappa shape index (κ3) is 3.02. The van der Waals surface area contributed by atoms with Gasteiger partial charge in [0.05, 0.1) is 5.92 Å². The van der Waals surface area contributed by atoms with E-state index in [1.54, 1.807) is 0 Å². The normalized spacial score (nSPS) is 29.6. The number of amides is 1. The maximum absolute atomic E-state index is 12.4. The van der Waals surface area contributed by atoms with Crippen molar-refractivity contribution in [2.24, 2.45) is 5.92 Å². The number of hydrogen-bond donors (Lipinski definition) is 1. The number of rotatable bonds is 6. The molecule has 1 amide bonds. The van der Waals surface area contributed by atoms with Crippen LogP contribution in [0.1, 0.15) is 44.1 Å². The Morgan fingerprint density at radius 3 is 2.79 bits per heavy atom. The van der Waals surface area contributed by atoms with Gasteiger partial charge in [-0.3, -0.25) is 14.5 Å². The fraction of sp³-hybridized carbons (Fsp3) is 0.619. The van der Waals surface area contributed by atoms with Crippen molar-refractivity contribution in [1.82, 2.24) is 9.80 Å². The monoisotopic (exact) mass is 388 g/mol. The van der Waals surface area contributed by atoms with Gasteiger partial charge in [-0.15, -0.1) is 0 Å². The van der Waals surface area contributed by atoms with E-state index in [4.69, 9.17) is 9.47 Å². The van der Waals surface area contributed by atoms with E-state index in [1.807, 2.05) is 30.1 Å². The Balaban J connectivity index is 1.62. The zero-order valence-corrected chi connectivity index (χ0v) is 16.5. The molecule has 0 spiro atoms. The molecular weight excluding hydrogens is 360 g/mol. The van der Waals surface area contributed by atoms with Crippen LogP contribution < -0.4 is 9.47 Å². The zero-order chi connectivity index (χ0) is 19.9. The first-order valence-electron chi connectivity index (χ1n) is 10.1. The maximum Gasteiger partial charge on any atom is 0.309 e. The van der Waals surface area contributed by atoms with E-state index in [9.17, 15) is 14.7 Å². The van der Waals surface area contributed by atoms with Crippen molar-refractivity contribution in [3.05, 3.63) is 23.8 Å². The number of carboxylic acid groups (broad SMARTS) is 1. The van der Waals surface area contributed by atoms with Gasteiger partial charge < -0.3 is 19.5 Å². The second kappa shape index (κ2) is 7.28. The Labute approximate surface area is 165 Å². The van der Waals surface area contributed by atoms with Gasteiger partial charge in [0.25, 0.3) is 0 Å². The van der Waals surface area contributed by atoms with E-state index in [2.05, 4.69) is 11.8 Å². The largest absolute Gasteiger partial charge is 0.481 e. The summed E-state index contributed by atoms with van der Waals surface area (Å²) in [5, 5.41) is 10.2. The van der Waals surface area contributed by atoms with Crippen LogP contribution in [0, 0.1) is 5.92 Å². The number of likely N-dealkylation sites (tertiary alicyclic amines) is 2. The molecule has 3 heterocycles. The lowest BCUT2D eigenvalue weighted by Gasteiger charge is -2.40. The highest BCUT2D eigenvalue weighted by Crippen LogP contribution is 2.49. The van der Waals surface area contributed by atoms with Crippen molar-refractivity contribution in [2.75, 3.05) is 33.5 Å². The Kier molecular flexibility index (Phi) is 4.95. The van der Waals surface area contributed by atoms with Crippen LogP contribution in [0.3, 0.4) is 0 Å². The number of aliphatic carboxylic acids is 1. The third-order valence-electron chi connectivity index (χ3n) is 6.90. The van der Waals surface area contributed by atoms with Gasteiger partial charge in [-0.05, 0) is 44.0 Å². The number of nitrogens with zero attached hydrogens (tertiary/aromatic N) is 2. The lowest BCUT2D eigenvalue weighted by Crippen LogP contribution is -2.50. The van der Waals surface area contributed by atoms with Gasteiger partial charge in [-0.2, -0.15) is 0 Å². The Morgan fingerprint density at radius 1 is 1.32 bits per heavy atom. The minimum atomic E-state index is -0.776. The molecule has 1 aromatic carbocycles. The first kappa shape index (κ1) is 19.1. The van der Waals surface area contributed by atoms with Crippen LogP contribution in [0.25, 0.3) is 0 Å². The van der Waals surface area contributed by atoms with Crippen LogP contribution >= 0.6 is 0 Å². The molecule has 28 heavy (non-hydrogen) atoms. The summed E-state index contributed by atoms with van der Waals surface area (Å²) in [4.78, 5) is 28.6. The minimum Gasteiger partial charge on any atom is -0.481 e. The standard InChI is InChI=1S/C21H28N2O5/c1-3-21(8-10-23-9-4-5-18(23)24)19(20(25)26)15(12-22(21)2)14-6-7-16-17(11-14)28-13-27-16/h6-7,11,15,19H,3-5,8-10,12-13H2,1-2H3,(H,25,26)/t15-,19+,21+/m1/s1. The average molecular weight is 388 g/mol. The Morgan fingerprint density at radius 2 is 2.11 bits per heavy atom. The predicted octanol–water partition coefficient (Wildman–Crippen LogP) is 2.31. The van der Waals surface area contributed by atoms with E-state index in [1.165, 1.54) is 0 Å². The smallest absolute Gasteiger partial charge is 0.309 e. The predicted molar refractivity (Wildman–Crippen MR) is 103 cm³/mol. The van der Waals surface area contributed by atoms with Crippen LogP contribution in [0.15, 0.2) is 18.2 Å². The van der Waals surface area contributed by atoms with Gasteiger partial charge in [-0.1, -0.05) is 13.0 Å². The fourth-order valence-corrected chi connectivity index (χ4v) is 5.32. The van der Waals surface area contributed by atoms with Gasteiger partial charge in [0.1, 0.15) is 0 Å². The molecule has 3 aliphatic heterocycles. The molecule has 7 nitrogen and oxygen atoms in total. The summed E-state index contributed by atoms with van der Waals surface area (Å²) < 4.78 is 10.9. The van der Waals surface area contributed by atoms with E-state index in [0.29, 0.717) is 37.4 Å². The number of hydrogen-bond acceptors (Lipinski definition) is 5. The van der Waals surface area contributed by atoms with Crippen molar-refractivity contribution in [3.63, 3.8) is 0 Å². The van der Waals surface area contributed by atoms with Crippen LogP contribution in [0.5, 0.6) is 11.5 Å². The lowest BCUT2D eigenvalue weighted by atomic mass is 9.73. The molecule has 1 N–H and O–H groups in total. The summed E-state index contributed by atoms with van der Waals surface area (Å²) >= 11 is 0. The van der Waals surface area contributed by atoms with Crippen molar-refractivity contribution in [2.45, 2.75) is 44.1 Å². The third-order valence-corrected chi connectivity index (χ3v) is 6.90. The maximum atomic E-state index is 12.4. The molecule has 4 rings (SSSR count). The number of carbonyl (C=O) groups is 2. The molecule has 0 bridgehead atoms. The van der Waals surface area contributed by atoms with Gasteiger partial charge in [0.2, 0.25) is 12.7 Å². The quantitative estimate of drug-likeness (QED) is 0.806. The molecule has 2 fully saturated rings. The van der Waals surface area contributed by atoms with Crippen molar-refractivity contribution in [3.8, 4) is 11.5 Å². The molecule has 2 saturated heterocycles. The number of fused-ring (bicyclic) bond motifs is 1. The molecule has 1 aromatic rings. The van der Waals surface area contributed by atoms with Crippen LogP contribution in [0.2, 0.25) is 0 Å². The molecule has 0 unspecified atom stereocenters. The summed E-state index contributed by atoms with van der Waals surface area (Å²) in [6.07, 6.45) is 2.90. The molecule has 152 valence electrons. The molecule has 0 aromatic heterocycles. The van der Waals surface area contributed by atoms with E-state index in [-0.39, 0.29) is 18.6 Å². The number of carbonyl (C=O) groups excluding carboxylic acids is 1. The second-order valence-electron chi connectivity index (χ2n) is 8.11. The van der Waals surface area contributed by atoms with Gasteiger partial charge in [0, 0.05) is 37.5 Å². The van der Waals surface area contributed by atoms with Gasteiger partial charge in [0.15, 0.2) is 11.5 Å². The number of benzene rings is 1. The van der Waals surface area contributed by atoms with Crippen LogP contribution in [-0.2, 0) is 9.59 Å². The topological polar surface area (TPSA) is 79.3 Å². The number of ether oxygens (including phenoxy) is 2. The number of carboxylic acids is 1. The summed E-state index contributed by atoms with van der Waals surface area (Å²) in [6, 6.07) is 5.75. The highest BCUT2D eigenvalue weighted by atomic mass is 16.7. The summed E-state index contributed by atoms with van der Waals surface area (Å²) in [7, 11) is 2.01. The molecule has 3 atom stereocenters. The second-order valence-corrected chi connectivity index (χ2v) is 8.11. The summed E-state index contributed by atoms with van der Waals surface area (Å²) in [5.74, 6) is 0.122. The molecule has 3 aliphatic rings. The number of likely N-dealkylation sites (N-methyl/N-ethyl adjacent to an activating group) is 1. The van der Waals surface area contributed by atoms with Crippen LogP contribution in [-0.4, -0.2) is 65.8 Å². The fourth-order valence-electron chi connectivity index (χ4n) is 5.32. The highest BCUT2D eigenvalue weighted by Gasteiger charge is 2.55. The van der Waals surface area contributed by atoms with Gasteiger partial charge in [-0.25, -0.2) is 0 Å². The summed E-state index contributed by atoms with van der Waals surface area (Å²) in [5.41, 5.74) is 0.492. The van der Waals surface area contributed by atoms with Gasteiger partial charge >= 0.3 is 5.97 Å². The minimum absolute atomic E-state index is 0.133. The van der Waals surface area contributed by atoms with E-state index >= 15 is 0 Å². The Hall–Kier alpha value is -2.28. The molecule has 0 radical (unpaired) electrons. The highest BCUT2D eigenvalue weighted by molar-refractivity contribution is 5.78. The zero-order valence-electron chi connectivity index (χ0n) is 16.5.